The van der Waals surface area contributed by atoms with Gasteiger partial charge in [0, 0.05) is 0 Å². The molecule has 0 heterocycles. The Hall–Kier alpha value is -4.25. The fraction of sp³-hybridized carbons (Fsp3) is 0.300. The maximum absolute atomic E-state index is 12.2. The summed E-state index contributed by atoms with van der Waals surface area (Å²) in [5, 5.41) is 0. The molecule has 0 saturated carbocycles. The number of ether oxygens (including phenoxy) is 7. The van der Waals surface area contributed by atoms with Crippen molar-refractivity contribution in [2.75, 3.05) is 59.6 Å². The predicted molar refractivity (Wildman–Crippen MR) is 143 cm³/mol. The summed E-state index contributed by atoms with van der Waals surface area (Å²) in [7, 11) is 0. The van der Waals surface area contributed by atoms with Gasteiger partial charge in [0.15, 0.2) is 6.79 Å². The first kappa shape index (κ1) is 30.3. The van der Waals surface area contributed by atoms with E-state index in [1.807, 2.05) is 36.4 Å². The molecule has 0 N–H and O–H groups in total. The van der Waals surface area contributed by atoms with Crippen molar-refractivity contribution in [2.45, 2.75) is 0 Å². The second kappa shape index (κ2) is 18.1. The van der Waals surface area contributed by atoms with Crippen LogP contribution < -0.4 is 4.74 Å². The van der Waals surface area contributed by atoms with E-state index in [4.69, 9.17) is 33.2 Å². The van der Waals surface area contributed by atoms with Gasteiger partial charge < -0.3 is 33.2 Å². The zero-order chi connectivity index (χ0) is 28.3. The summed E-state index contributed by atoms with van der Waals surface area (Å²) in [6.07, 6.45) is 0. The van der Waals surface area contributed by atoms with E-state index >= 15 is 0 Å². The van der Waals surface area contributed by atoms with Gasteiger partial charge in [-0.15, -0.1) is 0 Å². The lowest BCUT2D eigenvalue weighted by Crippen LogP contribution is -2.15. The molecule has 0 atom stereocenters. The van der Waals surface area contributed by atoms with Gasteiger partial charge in [0.1, 0.15) is 25.6 Å². The van der Waals surface area contributed by atoms with Crippen molar-refractivity contribution in [3.05, 3.63) is 102 Å². The number of para-hydroxylation sites is 1. The average molecular weight is 553 g/mol. The first-order valence-corrected chi connectivity index (χ1v) is 12.7. The van der Waals surface area contributed by atoms with Gasteiger partial charge in [-0.3, -0.25) is 0 Å². The van der Waals surface area contributed by atoms with Crippen LogP contribution in [-0.4, -0.2) is 77.6 Å². The second-order valence-corrected chi connectivity index (χ2v) is 8.06. The van der Waals surface area contributed by atoms with Crippen LogP contribution in [0.4, 0.5) is 0 Å². The maximum atomic E-state index is 12.2. The summed E-state index contributed by atoms with van der Waals surface area (Å²) in [5.74, 6) is -0.785. The molecule has 10 nitrogen and oxygen atoms in total. The average Bonchev–Trinajstić information content (AvgIpc) is 3.00. The quantitative estimate of drug-likeness (QED) is 0.0994. The van der Waals surface area contributed by atoms with Gasteiger partial charge in [0.2, 0.25) is 0 Å². The van der Waals surface area contributed by atoms with Crippen molar-refractivity contribution >= 4 is 17.9 Å². The zero-order valence-corrected chi connectivity index (χ0v) is 22.0. The summed E-state index contributed by atoms with van der Waals surface area (Å²) in [5.41, 5.74) is 1.05. The molecule has 0 spiro atoms. The maximum Gasteiger partial charge on any atom is 0.338 e. The fourth-order valence-corrected chi connectivity index (χ4v) is 3.15. The molecule has 0 bridgehead atoms. The fourth-order valence-electron chi connectivity index (χ4n) is 3.15. The van der Waals surface area contributed by atoms with Crippen LogP contribution >= 0.6 is 0 Å². The van der Waals surface area contributed by atoms with Crippen LogP contribution in [0.2, 0.25) is 0 Å². The van der Waals surface area contributed by atoms with E-state index in [1.165, 1.54) is 24.3 Å². The number of esters is 3. The minimum atomic E-state index is -0.552. The van der Waals surface area contributed by atoms with Crippen molar-refractivity contribution in [1.29, 1.82) is 0 Å². The Kier molecular flexibility index (Phi) is 13.7. The van der Waals surface area contributed by atoms with Crippen LogP contribution in [0.1, 0.15) is 31.1 Å². The smallest absolute Gasteiger partial charge is 0.338 e. The molecule has 0 unspecified atom stereocenters. The predicted octanol–water partition coefficient (Wildman–Crippen LogP) is 3.94. The number of carbonyl (C=O) groups excluding carboxylic acids is 3. The van der Waals surface area contributed by atoms with E-state index in [9.17, 15) is 14.4 Å². The molecule has 0 aliphatic rings. The molecule has 0 aliphatic heterocycles. The molecule has 0 radical (unpaired) electrons. The van der Waals surface area contributed by atoms with E-state index in [-0.39, 0.29) is 52.0 Å². The Morgan fingerprint density at radius 2 is 0.800 bits per heavy atom. The van der Waals surface area contributed by atoms with E-state index in [2.05, 4.69) is 0 Å². The topological polar surface area (TPSA) is 116 Å². The van der Waals surface area contributed by atoms with Crippen LogP contribution in [0.5, 0.6) is 5.75 Å². The van der Waals surface area contributed by atoms with Crippen molar-refractivity contribution in [3.8, 4) is 5.75 Å². The normalized spacial score (nSPS) is 10.5. The Morgan fingerprint density at radius 3 is 1.27 bits per heavy atom. The van der Waals surface area contributed by atoms with Crippen molar-refractivity contribution in [1.82, 2.24) is 0 Å². The van der Waals surface area contributed by atoms with Crippen LogP contribution in [0.25, 0.3) is 0 Å². The molecule has 0 aromatic heterocycles. The van der Waals surface area contributed by atoms with E-state index in [1.54, 1.807) is 24.3 Å². The number of carbonyl (C=O) groups is 3. The van der Waals surface area contributed by atoms with Gasteiger partial charge in [-0.2, -0.15) is 0 Å². The zero-order valence-electron chi connectivity index (χ0n) is 22.0. The number of hydrogen-bond acceptors (Lipinski definition) is 10. The molecule has 40 heavy (non-hydrogen) atoms. The highest BCUT2D eigenvalue weighted by Crippen LogP contribution is 2.09. The third kappa shape index (κ3) is 11.6. The summed E-state index contributed by atoms with van der Waals surface area (Å²) in [6, 6.07) is 23.9. The highest BCUT2D eigenvalue weighted by molar-refractivity contribution is 5.93. The third-order valence-electron chi connectivity index (χ3n) is 5.17. The molecule has 0 amide bonds. The molecule has 10 heteroatoms. The third-order valence-corrected chi connectivity index (χ3v) is 5.17. The van der Waals surface area contributed by atoms with Gasteiger partial charge >= 0.3 is 17.9 Å². The summed E-state index contributed by atoms with van der Waals surface area (Å²) < 4.78 is 36.8. The van der Waals surface area contributed by atoms with Crippen LogP contribution in [-0.2, 0) is 28.4 Å². The summed E-state index contributed by atoms with van der Waals surface area (Å²) in [6.45, 7) is 1.53. The van der Waals surface area contributed by atoms with Crippen LogP contribution in [0.3, 0.4) is 0 Å². The van der Waals surface area contributed by atoms with Gasteiger partial charge in [0.05, 0.1) is 49.7 Å². The standard InChI is InChI=1S/C30H32O10/c31-28(24-7-3-1-4-8-24)37-21-18-35-19-22-39-30(33)26-13-11-25(12-14-26)29(32)38-20-17-34-15-16-36-23-40-27-9-5-2-6-10-27/h1-14H,15-23H2. The minimum absolute atomic E-state index is 0.0281. The van der Waals surface area contributed by atoms with E-state index in [0.717, 1.165) is 5.75 Å². The summed E-state index contributed by atoms with van der Waals surface area (Å²) in [4.78, 5) is 36.2. The molecule has 3 aromatic carbocycles. The molecular formula is C30H32O10. The van der Waals surface area contributed by atoms with Gasteiger partial charge in [-0.25, -0.2) is 14.4 Å². The second-order valence-electron chi connectivity index (χ2n) is 8.06. The van der Waals surface area contributed by atoms with E-state index < -0.39 is 17.9 Å². The summed E-state index contributed by atoms with van der Waals surface area (Å²) >= 11 is 0. The molecule has 212 valence electrons. The van der Waals surface area contributed by atoms with Crippen molar-refractivity contribution in [2.24, 2.45) is 0 Å². The number of benzene rings is 3. The molecule has 0 fully saturated rings. The lowest BCUT2D eigenvalue weighted by atomic mass is 10.1. The Balaban J connectivity index is 1.18. The number of hydrogen-bond donors (Lipinski definition) is 0. The van der Waals surface area contributed by atoms with E-state index in [0.29, 0.717) is 24.3 Å². The van der Waals surface area contributed by atoms with Crippen LogP contribution in [0, 0.1) is 0 Å². The Morgan fingerprint density at radius 1 is 0.425 bits per heavy atom. The van der Waals surface area contributed by atoms with Gasteiger partial charge in [-0.1, -0.05) is 36.4 Å². The van der Waals surface area contributed by atoms with Crippen molar-refractivity contribution in [3.63, 3.8) is 0 Å². The number of rotatable bonds is 18. The first-order chi connectivity index (χ1) is 19.6. The molecular weight excluding hydrogens is 520 g/mol. The van der Waals surface area contributed by atoms with Gasteiger partial charge in [0.25, 0.3) is 0 Å². The highest BCUT2D eigenvalue weighted by atomic mass is 16.7. The van der Waals surface area contributed by atoms with Crippen molar-refractivity contribution < 1.29 is 47.5 Å². The SMILES string of the molecule is O=C(OCCOCCOCOc1ccccc1)c1ccc(C(=O)OCCOCCOC(=O)c2ccccc2)cc1. The van der Waals surface area contributed by atoms with Gasteiger partial charge in [-0.05, 0) is 48.5 Å². The Labute approximate surface area is 232 Å². The lowest BCUT2D eigenvalue weighted by molar-refractivity contribution is -0.0239. The molecule has 0 aliphatic carbocycles. The molecule has 3 rings (SSSR count). The Bertz CT molecular complexity index is 1150. The van der Waals surface area contributed by atoms with Crippen LogP contribution in [0.15, 0.2) is 84.9 Å². The molecule has 0 saturated heterocycles. The monoisotopic (exact) mass is 552 g/mol. The lowest BCUT2D eigenvalue weighted by Gasteiger charge is -2.09. The molecule has 3 aromatic rings. The minimum Gasteiger partial charge on any atom is -0.468 e. The highest BCUT2D eigenvalue weighted by Gasteiger charge is 2.11. The largest absolute Gasteiger partial charge is 0.468 e. The first-order valence-electron chi connectivity index (χ1n) is 12.7.